The number of aliphatic hydroxyl groups excluding tert-OH is 1. The van der Waals surface area contributed by atoms with Crippen molar-refractivity contribution in [3.63, 3.8) is 0 Å². The van der Waals surface area contributed by atoms with Crippen molar-refractivity contribution in [1.29, 1.82) is 0 Å². The molecule has 0 amide bonds. The SMILES string of the molecule is CCNc1nc(C2CC2)nc(OCCO)c1C. The van der Waals surface area contributed by atoms with Crippen LogP contribution in [0.3, 0.4) is 0 Å². The third-order valence-electron chi connectivity index (χ3n) is 2.74. The van der Waals surface area contributed by atoms with E-state index in [-0.39, 0.29) is 13.2 Å². The quantitative estimate of drug-likeness (QED) is 0.784. The van der Waals surface area contributed by atoms with E-state index in [1.165, 1.54) is 0 Å². The smallest absolute Gasteiger partial charge is 0.221 e. The zero-order valence-corrected chi connectivity index (χ0v) is 10.4. The summed E-state index contributed by atoms with van der Waals surface area (Å²) in [5.74, 6) is 2.79. The summed E-state index contributed by atoms with van der Waals surface area (Å²) in [6.45, 7) is 5.06. The molecule has 1 aliphatic carbocycles. The Morgan fingerprint density at radius 1 is 1.41 bits per heavy atom. The fraction of sp³-hybridized carbons (Fsp3) is 0.667. The molecule has 5 heteroatoms. The largest absolute Gasteiger partial charge is 0.475 e. The van der Waals surface area contributed by atoms with Crippen molar-refractivity contribution >= 4 is 5.82 Å². The Bertz CT molecular complexity index is 392. The van der Waals surface area contributed by atoms with Crippen LogP contribution in [0.15, 0.2) is 0 Å². The van der Waals surface area contributed by atoms with Crippen LogP contribution in [0.4, 0.5) is 5.82 Å². The highest BCUT2D eigenvalue weighted by Gasteiger charge is 2.28. The molecule has 0 bridgehead atoms. The van der Waals surface area contributed by atoms with Crippen LogP contribution < -0.4 is 10.1 Å². The van der Waals surface area contributed by atoms with Crippen molar-refractivity contribution in [2.75, 3.05) is 25.1 Å². The molecule has 1 fully saturated rings. The number of hydrogen-bond donors (Lipinski definition) is 2. The van der Waals surface area contributed by atoms with E-state index in [4.69, 9.17) is 9.84 Å². The van der Waals surface area contributed by atoms with Gasteiger partial charge in [-0.05, 0) is 26.7 Å². The minimum Gasteiger partial charge on any atom is -0.475 e. The molecule has 1 aliphatic rings. The second kappa shape index (κ2) is 5.31. The molecular formula is C12H19N3O2. The van der Waals surface area contributed by atoms with Gasteiger partial charge < -0.3 is 15.2 Å². The van der Waals surface area contributed by atoms with E-state index in [2.05, 4.69) is 15.3 Å². The Morgan fingerprint density at radius 2 is 2.18 bits per heavy atom. The van der Waals surface area contributed by atoms with Gasteiger partial charge in [-0.1, -0.05) is 0 Å². The minimum atomic E-state index is -0.00125. The maximum Gasteiger partial charge on any atom is 0.221 e. The van der Waals surface area contributed by atoms with E-state index in [1.807, 2.05) is 13.8 Å². The Kier molecular flexibility index (Phi) is 3.78. The lowest BCUT2D eigenvalue weighted by Gasteiger charge is -2.13. The van der Waals surface area contributed by atoms with Gasteiger partial charge in [0, 0.05) is 12.5 Å². The molecule has 94 valence electrons. The minimum absolute atomic E-state index is 0.00125. The standard InChI is InChI=1S/C12H19N3O2/c1-3-13-10-8(2)12(17-7-6-16)15-11(14-10)9-4-5-9/h9,16H,3-7H2,1-2H3,(H,13,14,15). The number of hydrogen-bond acceptors (Lipinski definition) is 5. The molecule has 0 aliphatic heterocycles. The van der Waals surface area contributed by atoms with Crippen molar-refractivity contribution < 1.29 is 9.84 Å². The monoisotopic (exact) mass is 237 g/mol. The average molecular weight is 237 g/mol. The number of nitrogens with one attached hydrogen (secondary N) is 1. The Hall–Kier alpha value is -1.36. The third kappa shape index (κ3) is 2.85. The summed E-state index contributed by atoms with van der Waals surface area (Å²) in [6.07, 6.45) is 2.32. The molecule has 2 rings (SSSR count). The van der Waals surface area contributed by atoms with Gasteiger partial charge in [0.05, 0.1) is 12.2 Å². The summed E-state index contributed by atoms with van der Waals surface area (Å²) < 4.78 is 5.45. The first-order valence-corrected chi connectivity index (χ1v) is 6.12. The molecule has 0 saturated heterocycles. The lowest BCUT2D eigenvalue weighted by Crippen LogP contribution is -2.10. The molecule has 1 saturated carbocycles. The number of aliphatic hydroxyl groups is 1. The van der Waals surface area contributed by atoms with Crippen LogP contribution >= 0.6 is 0 Å². The van der Waals surface area contributed by atoms with Crippen LogP contribution in [-0.4, -0.2) is 34.8 Å². The molecule has 0 atom stereocenters. The summed E-state index contributed by atoms with van der Waals surface area (Å²) in [5, 5.41) is 12.0. The lowest BCUT2D eigenvalue weighted by atomic mass is 10.3. The fourth-order valence-corrected chi connectivity index (χ4v) is 1.66. The van der Waals surface area contributed by atoms with E-state index < -0.39 is 0 Å². The molecule has 2 N–H and O–H groups in total. The molecule has 5 nitrogen and oxygen atoms in total. The van der Waals surface area contributed by atoms with Gasteiger partial charge in [-0.25, -0.2) is 4.98 Å². The molecule has 0 aromatic carbocycles. The van der Waals surface area contributed by atoms with E-state index in [1.54, 1.807) is 0 Å². The Labute approximate surface area is 101 Å². The zero-order valence-electron chi connectivity index (χ0n) is 10.4. The molecule has 0 spiro atoms. The van der Waals surface area contributed by atoms with Gasteiger partial charge in [-0.3, -0.25) is 0 Å². The summed E-state index contributed by atoms with van der Waals surface area (Å²) in [6, 6.07) is 0. The summed E-state index contributed by atoms with van der Waals surface area (Å²) in [5.41, 5.74) is 0.907. The fourth-order valence-electron chi connectivity index (χ4n) is 1.66. The number of aromatic nitrogens is 2. The third-order valence-corrected chi connectivity index (χ3v) is 2.74. The number of ether oxygens (including phenoxy) is 1. The van der Waals surface area contributed by atoms with Gasteiger partial charge in [-0.15, -0.1) is 0 Å². The number of nitrogens with zero attached hydrogens (tertiary/aromatic N) is 2. The van der Waals surface area contributed by atoms with Gasteiger partial charge in [-0.2, -0.15) is 4.98 Å². The van der Waals surface area contributed by atoms with E-state index in [0.717, 1.165) is 36.6 Å². The topological polar surface area (TPSA) is 67.3 Å². The predicted molar refractivity (Wildman–Crippen MR) is 65.5 cm³/mol. The summed E-state index contributed by atoms with van der Waals surface area (Å²) in [7, 11) is 0. The first-order valence-electron chi connectivity index (χ1n) is 6.12. The lowest BCUT2D eigenvalue weighted by molar-refractivity contribution is 0.195. The van der Waals surface area contributed by atoms with Crippen LogP contribution in [0.5, 0.6) is 5.88 Å². The highest BCUT2D eigenvalue weighted by atomic mass is 16.5. The van der Waals surface area contributed by atoms with Gasteiger partial charge in [0.1, 0.15) is 18.2 Å². The highest BCUT2D eigenvalue weighted by Crippen LogP contribution is 2.39. The zero-order chi connectivity index (χ0) is 12.3. The molecule has 1 heterocycles. The van der Waals surface area contributed by atoms with Crippen molar-refractivity contribution in [2.45, 2.75) is 32.6 Å². The van der Waals surface area contributed by atoms with E-state index in [9.17, 15) is 0 Å². The van der Waals surface area contributed by atoms with Crippen LogP contribution in [0.25, 0.3) is 0 Å². The molecule has 0 unspecified atom stereocenters. The first kappa shape index (κ1) is 12.1. The van der Waals surface area contributed by atoms with Crippen LogP contribution in [0, 0.1) is 6.92 Å². The van der Waals surface area contributed by atoms with Crippen LogP contribution in [0.1, 0.15) is 37.1 Å². The van der Waals surface area contributed by atoms with Crippen molar-refractivity contribution in [3.05, 3.63) is 11.4 Å². The highest BCUT2D eigenvalue weighted by molar-refractivity contribution is 5.49. The normalized spacial score (nSPS) is 14.8. The predicted octanol–water partition coefficient (Wildman–Crippen LogP) is 1.47. The molecule has 1 aromatic rings. The van der Waals surface area contributed by atoms with Crippen LogP contribution in [0.2, 0.25) is 0 Å². The van der Waals surface area contributed by atoms with Crippen molar-refractivity contribution in [1.82, 2.24) is 9.97 Å². The van der Waals surface area contributed by atoms with E-state index >= 15 is 0 Å². The molecule has 17 heavy (non-hydrogen) atoms. The molecule has 0 radical (unpaired) electrons. The van der Waals surface area contributed by atoms with Gasteiger partial charge >= 0.3 is 0 Å². The van der Waals surface area contributed by atoms with Crippen molar-refractivity contribution in [2.24, 2.45) is 0 Å². The van der Waals surface area contributed by atoms with E-state index in [0.29, 0.717) is 11.8 Å². The Morgan fingerprint density at radius 3 is 2.76 bits per heavy atom. The van der Waals surface area contributed by atoms with Crippen molar-refractivity contribution in [3.8, 4) is 5.88 Å². The number of rotatable bonds is 6. The summed E-state index contributed by atoms with van der Waals surface area (Å²) >= 11 is 0. The van der Waals surface area contributed by atoms with Gasteiger partial charge in [0.2, 0.25) is 5.88 Å². The molecular weight excluding hydrogens is 218 g/mol. The summed E-state index contributed by atoms with van der Waals surface area (Å²) in [4.78, 5) is 8.96. The first-order chi connectivity index (χ1) is 8.26. The maximum absolute atomic E-state index is 8.80. The van der Waals surface area contributed by atoms with Gasteiger partial charge in [0.15, 0.2) is 0 Å². The molecule has 1 aromatic heterocycles. The average Bonchev–Trinajstić information content (AvgIpc) is 3.14. The second-order valence-electron chi connectivity index (χ2n) is 4.24. The van der Waals surface area contributed by atoms with Crippen LogP contribution in [-0.2, 0) is 0 Å². The second-order valence-corrected chi connectivity index (χ2v) is 4.24. The maximum atomic E-state index is 8.80. The number of anilines is 1. The Balaban J connectivity index is 2.27. The van der Waals surface area contributed by atoms with Gasteiger partial charge in [0.25, 0.3) is 0 Å².